The lowest BCUT2D eigenvalue weighted by molar-refractivity contribution is -0.137. The van der Waals surface area contributed by atoms with Crippen LogP contribution in [0.5, 0.6) is 0 Å². The van der Waals surface area contributed by atoms with Gasteiger partial charge in [0.05, 0.1) is 22.5 Å². The number of aromatic nitrogens is 1. The maximum atomic E-state index is 13.1. The second-order valence-corrected chi connectivity index (χ2v) is 12.0. The number of carbonyl (C=O) groups is 2. The molecule has 12 heteroatoms. The van der Waals surface area contributed by atoms with Crippen molar-refractivity contribution in [2.75, 3.05) is 60.6 Å². The molecule has 0 bridgehead atoms. The standard InChI is InChI=1S/C30H33F3N6O2S/c31-30(32,33)20-1-3-22-23(15-20)36-9-5-27(22)42-18-19-7-12-38(13-8-19)28(40)6-10-35-21-2-4-25-24(16-21)37-29(41)26-17-34-11-14-39(25)26/h1-5,9,15-16,19,26,34-35H,6-8,10-14,17-18H2,(H,37,41). The van der Waals surface area contributed by atoms with Crippen LogP contribution in [0, 0.1) is 5.92 Å². The predicted molar refractivity (Wildman–Crippen MR) is 159 cm³/mol. The van der Waals surface area contributed by atoms with Crippen LogP contribution in [0.4, 0.5) is 30.2 Å². The smallest absolute Gasteiger partial charge is 0.384 e. The molecule has 4 heterocycles. The highest BCUT2D eigenvalue weighted by Crippen LogP contribution is 2.36. The molecule has 3 aromatic rings. The van der Waals surface area contributed by atoms with E-state index in [0.717, 1.165) is 71.2 Å². The Labute approximate surface area is 246 Å². The molecule has 2 aromatic carbocycles. The lowest BCUT2D eigenvalue weighted by atomic mass is 9.99. The van der Waals surface area contributed by atoms with E-state index in [2.05, 4.69) is 25.8 Å². The first-order valence-corrected chi connectivity index (χ1v) is 15.3. The molecule has 3 aliphatic rings. The molecule has 42 heavy (non-hydrogen) atoms. The number of carbonyl (C=O) groups excluding carboxylic acids is 2. The number of rotatable bonds is 7. The van der Waals surface area contributed by atoms with Crippen LogP contribution in [0.2, 0.25) is 0 Å². The van der Waals surface area contributed by atoms with Crippen molar-refractivity contribution in [1.82, 2.24) is 15.2 Å². The van der Waals surface area contributed by atoms with Gasteiger partial charge in [0.1, 0.15) is 6.04 Å². The van der Waals surface area contributed by atoms with Crippen LogP contribution < -0.4 is 20.9 Å². The molecule has 0 aliphatic carbocycles. The average molecular weight is 599 g/mol. The molecule has 1 unspecified atom stereocenters. The van der Waals surface area contributed by atoms with Crippen molar-refractivity contribution in [3.05, 3.63) is 54.2 Å². The van der Waals surface area contributed by atoms with Crippen LogP contribution in [0.15, 0.2) is 53.6 Å². The van der Waals surface area contributed by atoms with Crippen molar-refractivity contribution in [1.29, 1.82) is 0 Å². The van der Waals surface area contributed by atoms with Crippen LogP contribution in [-0.4, -0.2) is 72.8 Å². The second-order valence-electron chi connectivity index (χ2n) is 11.0. The number of hydrogen-bond donors (Lipinski definition) is 3. The minimum Gasteiger partial charge on any atom is -0.384 e. The Morgan fingerprint density at radius 2 is 1.93 bits per heavy atom. The Morgan fingerprint density at radius 3 is 2.74 bits per heavy atom. The number of halogens is 3. The molecule has 3 aliphatic heterocycles. The Bertz CT molecular complexity index is 1480. The first-order chi connectivity index (χ1) is 20.3. The molecule has 6 rings (SSSR count). The topological polar surface area (TPSA) is 89.6 Å². The largest absolute Gasteiger partial charge is 0.416 e. The van der Waals surface area contributed by atoms with Gasteiger partial charge in [-0.05, 0) is 55.2 Å². The van der Waals surface area contributed by atoms with E-state index in [9.17, 15) is 22.8 Å². The Balaban J connectivity index is 0.957. The number of pyridine rings is 1. The molecule has 1 atom stereocenters. The Morgan fingerprint density at radius 1 is 1.10 bits per heavy atom. The summed E-state index contributed by atoms with van der Waals surface area (Å²) in [6, 6.07) is 11.3. The number of piperidine rings is 1. The van der Waals surface area contributed by atoms with Gasteiger partial charge < -0.3 is 25.8 Å². The van der Waals surface area contributed by atoms with Crippen molar-refractivity contribution in [3.8, 4) is 0 Å². The number of amides is 2. The highest BCUT2D eigenvalue weighted by Gasteiger charge is 2.34. The minimum absolute atomic E-state index is 0.00233. The molecule has 222 valence electrons. The zero-order valence-electron chi connectivity index (χ0n) is 23.0. The van der Waals surface area contributed by atoms with Crippen LogP contribution in [-0.2, 0) is 15.8 Å². The third-order valence-electron chi connectivity index (χ3n) is 8.25. The number of hydrogen-bond acceptors (Lipinski definition) is 7. The average Bonchev–Trinajstić information content (AvgIpc) is 2.99. The summed E-state index contributed by atoms with van der Waals surface area (Å²) in [5.74, 6) is 1.38. The van der Waals surface area contributed by atoms with E-state index in [1.807, 2.05) is 29.2 Å². The number of piperazine rings is 1. The van der Waals surface area contributed by atoms with E-state index in [-0.39, 0.29) is 17.9 Å². The summed E-state index contributed by atoms with van der Waals surface area (Å²) < 4.78 is 39.2. The number of anilines is 3. The summed E-state index contributed by atoms with van der Waals surface area (Å²) in [5, 5.41) is 10.3. The van der Waals surface area contributed by atoms with Gasteiger partial charge in [0.2, 0.25) is 11.8 Å². The molecule has 0 saturated carbocycles. The van der Waals surface area contributed by atoms with Crippen LogP contribution >= 0.6 is 11.8 Å². The fourth-order valence-corrected chi connectivity index (χ4v) is 7.13. The van der Waals surface area contributed by atoms with Crippen LogP contribution in [0.1, 0.15) is 24.8 Å². The Hall–Kier alpha value is -3.51. The first-order valence-electron chi connectivity index (χ1n) is 14.3. The SMILES string of the molecule is O=C1Nc2cc(NCCC(=O)N3CCC(CSc4ccnc5cc(C(F)(F)F)ccc45)CC3)ccc2N2CCNCC12. The zero-order chi connectivity index (χ0) is 29.3. The number of benzene rings is 2. The summed E-state index contributed by atoms with van der Waals surface area (Å²) in [6.07, 6.45) is -0.667. The number of fused-ring (bicyclic) bond motifs is 4. The zero-order valence-corrected chi connectivity index (χ0v) is 23.9. The van der Waals surface area contributed by atoms with E-state index in [1.54, 1.807) is 18.0 Å². The monoisotopic (exact) mass is 598 g/mol. The number of alkyl halides is 3. The molecular weight excluding hydrogens is 565 g/mol. The molecule has 2 saturated heterocycles. The van der Waals surface area contributed by atoms with Gasteiger partial charge >= 0.3 is 6.18 Å². The number of likely N-dealkylation sites (tertiary alicyclic amines) is 1. The molecule has 8 nitrogen and oxygen atoms in total. The quantitative estimate of drug-likeness (QED) is 0.336. The van der Waals surface area contributed by atoms with Crippen molar-refractivity contribution in [2.45, 2.75) is 36.4 Å². The van der Waals surface area contributed by atoms with Crippen molar-refractivity contribution < 1.29 is 22.8 Å². The van der Waals surface area contributed by atoms with E-state index in [1.165, 1.54) is 6.07 Å². The van der Waals surface area contributed by atoms with E-state index >= 15 is 0 Å². The highest BCUT2D eigenvalue weighted by atomic mass is 32.2. The summed E-state index contributed by atoms with van der Waals surface area (Å²) >= 11 is 1.64. The highest BCUT2D eigenvalue weighted by molar-refractivity contribution is 7.99. The fourth-order valence-electron chi connectivity index (χ4n) is 5.89. The third-order valence-corrected chi connectivity index (χ3v) is 9.55. The van der Waals surface area contributed by atoms with E-state index in [4.69, 9.17) is 0 Å². The second kappa shape index (κ2) is 12.0. The summed E-state index contributed by atoms with van der Waals surface area (Å²) in [5.41, 5.74) is 2.33. The number of nitrogens with zero attached hydrogens (tertiary/aromatic N) is 3. The molecule has 2 fully saturated rings. The van der Waals surface area contributed by atoms with E-state index in [0.29, 0.717) is 44.0 Å². The maximum absolute atomic E-state index is 13.1. The molecule has 1 aromatic heterocycles. The van der Waals surface area contributed by atoms with Gasteiger partial charge in [-0.25, -0.2) is 0 Å². The maximum Gasteiger partial charge on any atom is 0.416 e. The van der Waals surface area contributed by atoms with Gasteiger partial charge in [-0.1, -0.05) is 6.07 Å². The number of nitrogens with one attached hydrogen (secondary N) is 3. The summed E-state index contributed by atoms with van der Waals surface area (Å²) in [6.45, 7) is 4.18. The first kappa shape index (κ1) is 28.6. The third kappa shape index (κ3) is 6.14. The Kier molecular flexibility index (Phi) is 8.17. The summed E-state index contributed by atoms with van der Waals surface area (Å²) in [7, 11) is 0. The van der Waals surface area contributed by atoms with Crippen molar-refractivity contribution in [3.63, 3.8) is 0 Å². The van der Waals surface area contributed by atoms with Gasteiger partial charge in [-0.2, -0.15) is 13.2 Å². The van der Waals surface area contributed by atoms with Gasteiger partial charge in [0, 0.05) is 73.6 Å². The molecule has 3 N–H and O–H groups in total. The van der Waals surface area contributed by atoms with Crippen LogP contribution in [0.3, 0.4) is 0 Å². The van der Waals surface area contributed by atoms with Crippen molar-refractivity contribution in [2.24, 2.45) is 5.92 Å². The molecular formula is C30H33F3N6O2S. The molecule has 0 spiro atoms. The number of thioether (sulfide) groups is 1. The predicted octanol–water partition coefficient (Wildman–Crippen LogP) is 4.82. The minimum atomic E-state index is -4.39. The molecule has 0 radical (unpaired) electrons. The normalized spacial score (nSPS) is 19.3. The van der Waals surface area contributed by atoms with Crippen LogP contribution in [0.25, 0.3) is 10.9 Å². The van der Waals surface area contributed by atoms with Gasteiger partial charge in [-0.15, -0.1) is 11.8 Å². The van der Waals surface area contributed by atoms with Gasteiger partial charge in [-0.3, -0.25) is 14.6 Å². The van der Waals surface area contributed by atoms with E-state index < -0.39 is 11.7 Å². The summed E-state index contributed by atoms with van der Waals surface area (Å²) in [4.78, 5) is 34.5. The van der Waals surface area contributed by atoms with Crippen molar-refractivity contribution >= 4 is 51.5 Å². The van der Waals surface area contributed by atoms with Gasteiger partial charge in [0.15, 0.2) is 0 Å². The fraction of sp³-hybridized carbons (Fsp3) is 0.433. The lowest BCUT2D eigenvalue weighted by Crippen LogP contribution is -2.58. The molecule has 2 amide bonds. The lowest BCUT2D eigenvalue weighted by Gasteiger charge is -2.41. The van der Waals surface area contributed by atoms with Gasteiger partial charge in [0.25, 0.3) is 0 Å².